The lowest BCUT2D eigenvalue weighted by Crippen LogP contribution is -2.54. The third-order valence-electron chi connectivity index (χ3n) is 3.32. The molecule has 1 fully saturated rings. The fourth-order valence-corrected chi connectivity index (χ4v) is 2.50. The minimum atomic E-state index is -0.299. The fourth-order valence-electron chi connectivity index (χ4n) is 2.19. The number of nitrogens with one attached hydrogen (secondary N) is 1. The van der Waals surface area contributed by atoms with E-state index in [0.29, 0.717) is 11.2 Å². The Morgan fingerprint density at radius 3 is 2.90 bits per heavy atom. The number of carbonyl (C=O) groups is 2. The van der Waals surface area contributed by atoms with E-state index in [1.54, 1.807) is 24.1 Å². The third-order valence-corrected chi connectivity index (χ3v) is 3.75. The molecule has 0 aromatic carbocycles. The van der Waals surface area contributed by atoms with Gasteiger partial charge in [0.1, 0.15) is 0 Å². The van der Waals surface area contributed by atoms with Crippen LogP contribution in [0, 0.1) is 0 Å². The molecule has 2 amide bonds. The second kappa shape index (κ2) is 6.41. The topological polar surface area (TPSA) is 65.8 Å². The monoisotopic (exact) mass is 343 g/mol. The summed E-state index contributed by atoms with van der Waals surface area (Å²) < 4.78 is 5.70. The predicted molar refractivity (Wildman–Crippen MR) is 77.4 cm³/mol. The van der Waals surface area contributed by atoms with Crippen molar-refractivity contribution in [2.75, 3.05) is 33.2 Å². The van der Waals surface area contributed by atoms with Gasteiger partial charge in [0.05, 0.1) is 6.54 Å². The van der Waals surface area contributed by atoms with Crippen molar-refractivity contribution >= 4 is 27.7 Å². The van der Waals surface area contributed by atoms with Gasteiger partial charge in [-0.15, -0.1) is 0 Å². The van der Waals surface area contributed by atoms with Gasteiger partial charge >= 0.3 is 0 Å². The van der Waals surface area contributed by atoms with E-state index in [4.69, 9.17) is 4.42 Å². The molecule has 1 aromatic heterocycles. The van der Waals surface area contributed by atoms with Crippen LogP contribution in [0.15, 0.2) is 21.2 Å². The van der Waals surface area contributed by atoms with E-state index in [2.05, 4.69) is 21.2 Å². The molecule has 0 spiro atoms. The van der Waals surface area contributed by atoms with Gasteiger partial charge in [-0.3, -0.25) is 9.59 Å². The SMILES string of the molecule is CC1CNCCN1C(=O)CN(C)C(=O)c1ccc(Br)o1. The Balaban J connectivity index is 1.95. The highest BCUT2D eigenvalue weighted by molar-refractivity contribution is 9.10. The predicted octanol–water partition coefficient (Wildman–Crippen LogP) is 0.934. The van der Waals surface area contributed by atoms with E-state index in [-0.39, 0.29) is 30.2 Å². The standard InChI is InChI=1S/C13H18BrN3O3/c1-9-7-15-5-6-17(9)12(18)8-16(2)13(19)10-3-4-11(14)20-10/h3-4,9,15H,5-8H2,1-2H3. The molecule has 6 nitrogen and oxygen atoms in total. The average molecular weight is 344 g/mol. The molecular weight excluding hydrogens is 326 g/mol. The number of hydrogen-bond donors (Lipinski definition) is 1. The maximum Gasteiger partial charge on any atom is 0.289 e. The maximum atomic E-state index is 12.2. The Kier molecular flexibility index (Phi) is 4.82. The number of rotatable bonds is 3. The largest absolute Gasteiger partial charge is 0.444 e. The van der Waals surface area contributed by atoms with Crippen molar-refractivity contribution in [2.24, 2.45) is 0 Å². The smallest absolute Gasteiger partial charge is 0.289 e. The molecule has 110 valence electrons. The summed E-state index contributed by atoms with van der Waals surface area (Å²) in [7, 11) is 1.60. The van der Waals surface area contributed by atoms with Crippen LogP contribution >= 0.6 is 15.9 Å². The van der Waals surface area contributed by atoms with Gasteiger partial charge in [0.25, 0.3) is 5.91 Å². The Bertz CT molecular complexity index is 503. The summed E-state index contributed by atoms with van der Waals surface area (Å²) in [4.78, 5) is 27.5. The highest BCUT2D eigenvalue weighted by Crippen LogP contribution is 2.15. The van der Waals surface area contributed by atoms with Gasteiger partial charge in [-0.1, -0.05) is 0 Å². The van der Waals surface area contributed by atoms with Crippen molar-refractivity contribution in [1.29, 1.82) is 0 Å². The van der Waals surface area contributed by atoms with Gasteiger partial charge < -0.3 is 19.5 Å². The van der Waals surface area contributed by atoms with Crippen LogP contribution in [-0.2, 0) is 4.79 Å². The summed E-state index contributed by atoms with van der Waals surface area (Å²) in [5.41, 5.74) is 0. The molecule has 1 atom stereocenters. The van der Waals surface area contributed by atoms with Crippen molar-refractivity contribution < 1.29 is 14.0 Å². The number of carbonyl (C=O) groups excluding carboxylic acids is 2. The van der Waals surface area contributed by atoms with Gasteiger partial charge in [0, 0.05) is 32.7 Å². The molecule has 1 N–H and O–H groups in total. The summed E-state index contributed by atoms with van der Waals surface area (Å²) in [5.74, 6) is -0.118. The van der Waals surface area contributed by atoms with Crippen molar-refractivity contribution in [3.8, 4) is 0 Å². The van der Waals surface area contributed by atoms with Crippen LogP contribution in [0.3, 0.4) is 0 Å². The number of likely N-dealkylation sites (N-methyl/N-ethyl adjacent to an activating group) is 1. The molecule has 0 radical (unpaired) electrons. The summed E-state index contributed by atoms with van der Waals surface area (Å²) in [6.45, 7) is 4.30. The Morgan fingerprint density at radius 2 is 2.30 bits per heavy atom. The number of halogens is 1. The number of furan rings is 1. The molecular formula is C13H18BrN3O3. The van der Waals surface area contributed by atoms with E-state index in [1.165, 1.54) is 4.90 Å². The molecule has 2 heterocycles. The Hall–Kier alpha value is -1.34. The van der Waals surface area contributed by atoms with Crippen LogP contribution in [0.25, 0.3) is 0 Å². The fraction of sp³-hybridized carbons (Fsp3) is 0.538. The van der Waals surface area contributed by atoms with Crippen LogP contribution < -0.4 is 5.32 Å². The van der Waals surface area contributed by atoms with Crippen molar-refractivity contribution in [1.82, 2.24) is 15.1 Å². The molecule has 0 bridgehead atoms. The third kappa shape index (κ3) is 3.40. The van der Waals surface area contributed by atoms with Crippen molar-refractivity contribution in [3.63, 3.8) is 0 Å². The van der Waals surface area contributed by atoms with Gasteiger partial charge in [-0.2, -0.15) is 0 Å². The lowest BCUT2D eigenvalue weighted by molar-refractivity contribution is -0.134. The molecule has 2 rings (SSSR count). The summed E-state index contributed by atoms with van der Waals surface area (Å²) in [6.07, 6.45) is 0. The lowest BCUT2D eigenvalue weighted by atomic mass is 10.2. The molecule has 0 aliphatic carbocycles. The van der Waals surface area contributed by atoms with Crippen LogP contribution in [-0.4, -0.2) is 60.9 Å². The number of hydrogen-bond acceptors (Lipinski definition) is 4. The quantitative estimate of drug-likeness (QED) is 0.886. The summed E-state index contributed by atoms with van der Waals surface area (Å²) in [6, 6.07) is 3.39. The number of amides is 2. The van der Waals surface area contributed by atoms with Gasteiger partial charge in [-0.25, -0.2) is 0 Å². The summed E-state index contributed by atoms with van der Waals surface area (Å²) in [5, 5.41) is 3.23. The second-order valence-electron chi connectivity index (χ2n) is 4.91. The molecule has 0 saturated carbocycles. The van der Waals surface area contributed by atoms with E-state index < -0.39 is 0 Å². The molecule has 1 aliphatic heterocycles. The van der Waals surface area contributed by atoms with Crippen molar-refractivity contribution in [3.05, 3.63) is 22.6 Å². The first kappa shape index (κ1) is 15.1. The minimum Gasteiger partial charge on any atom is -0.444 e. The number of piperazine rings is 1. The van der Waals surface area contributed by atoms with Gasteiger partial charge in [0.15, 0.2) is 10.4 Å². The zero-order valence-corrected chi connectivity index (χ0v) is 13.1. The van der Waals surface area contributed by atoms with Crippen molar-refractivity contribution in [2.45, 2.75) is 13.0 Å². The highest BCUT2D eigenvalue weighted by atomic mass is 79.9. The average Bonchev–Trinajstić information content (AvgIpc) is 2.84. The van der Waals surface area contributed by atoms with Crippen LogP contribution in [0.2, 0.25) is 0 Å². The Labute approximate surface area is 126 Å². The van der Waals surface area contributed by atoms with E-state index in [0.717, 1.165) is 13.1 Å². The van der Waals surface area contributed by atoms with E-state index in [9.17, 15) is 9.59 Å². The molecule has 20 heavy (non-hydrogen) atoms. The maximum absolute atomic E-state index is 12.2. The zero-order valence-electron chi connectivity index (χ0n) is 11.6. The zero-order chi connectivity index (χ0) is 14.7. The minimum absolute atomic E-state index is 0.0412. The van der Waals surface area contributed by atoms with E-state index in [1.807, 2.05) is 6.92 Å². The van der Waals surface area contributed by atoms with Gasteiger partial charge in [0.2, 0.25) is 5.91 Å². The van der Waals surface area contributed by atoms with E-state index >= 15 is 0 Å². The first-order chi connectivity index (χ1) is 9.49. The van der Waals surface area contributed by atoms with Crippen LogP contribution in [0.5, 0.6) is 0 Å². The molecule has 1 saturated heterocycles. The normalized spacial score (nSPS) is 18.9. The molecule has 1 unspecified atom stereocenters. The highest BCUT2D eigenvalue weighted by Gasteiger charge is 2.25. The first-order valence-corrected chi connectivity index (χ1v) is 7.29. The summed E-state index contributed by atoms with van der Waals surface area (Å²) >= 11 is 3.15. The van der Waals surface area contributed by atoms with Crippen LogP contribution in [0.1, 0.15) is 17.5 Å². The van der Waals surface area contributed by atoms with Crippen LogP contribution in [0.4, 0.5) is 0 Å². The molecule has 7 heteroatoms. The Morgan fingerprint density at radius 1 is 1.55 bits per heavy atom. The van der Waals surface area contributed by atoms with Gasteiger partial charge in [-0.05, 0) is 35.0 Å². The number of nitrogens with zero attached hydrogens (tertiary/aromatic N) is 2. The first-order valence-electron chi connectivity index (χ1n) is 6.50. The molecule has 1 aliphatic rings. The lowest BCUT2D eigenvalue weighted by Gasteiger charge is -2.34. The second-order valence-corrected chi connectivity index (χ2v) is 5.69. The molecule has 1 aromatic rings.